The first kappa shape index (κ1) is 21.7. The molecule has 0 spiro atoms. The van der Waals surface area contributed by atoms with Gasteiger partial charge in [0.05, 0.1) is 22.8 Å². The number of halogens is 4. The Morgan fingerprint density at radius 2 is 1.58 bits per heavy atom. The smallest absolute Gasteiger partial charge is 0.267 e. The van der Waals surface area contributed by atoms with Crippen molar-refractivity contribution in [3.05, 3.63) is 87.9 Å². The molecular formula is C20H12F4N6O3. The summed E-state index contributed by atoms with van der Waals surface area (Å²) in [5.41, 5.74) is 0.604. The number of hydrogen-bond donors (Lipinski definition) is 3. The van der Waals surface area contributed by atoms with Gasteiger partial charge in [-0.3, -0.25) is 25.2 Å². The number of benzene rings is 2. The molecule has 0 saturated carbocycles. The van der Waals surface area contributed by atoms with Crippen LogP contribution in [0.25, 0.3) is 16.5 Å². The van der Waals surface area contributed by atoms with Crippen molar-refractivity contribution in [3.63, 3.8) is 0 Å². The first-order valence-corrected chi connectivity index (χ1v) is 9.16. The highest BCUT2D eigenvalue weighted by Crippen LogP contribution is 2.33. The molecule has 4 rings (SSSR count). The number of fused-ring (bicyclic) bond motifs is 1. The Labute approximate surface area is 181 Å². The van der Waals surface area contributed by atoms with Crippen LogP contribution < -0.4 is 16.4 Å². The molecule has 0 bridgehead atoms. The van der Waals surface area contributed by atoms with Crippen LogP contribution in [0.3, 0.4) is 0 Å². The molecule has 0 atom stereocenters. The number of carbonyl (C=O) groups is 2. The number of hydrogen-bond acceptors (Lipinski definition) is 5. The van der Waals surface area contributed by atoms with E-state index in [0.29, 0.717) is 10.9 Å². The Hall–Kier alpha value is -4.55. The summed E-state index contributed by atoms with van der Waals surface area (Å²) in [7, 11) is 0. The molecule has 0 radical (unpaired) electrons. The topological polar surface area (TPSA) is 122 Å². The zero-order valence-corrected chi connectivity index (χ0v) is 16.3. The van der Waals surface area contributed by atoms with Crippen molar-refractivity contribution < 1.29 is 27.2 Å². The van der Waals surface area contributed by atoms with Crippen molar-refractivity contribution in [1.82, 2.24) is 30.8 Å². The molecule has 0 fully saturated rings. The van der Waals surface area contributed by atoms with Crippen LogP contribution >= 0.6 is 0 Å². The van der Waals surface area contributed by atoms with Gasteiger partial charge in [0.15, 0.2) is 11.4 Å². The maximum Gasteiger partial charge on any atom is 0.434 e. The molecule has 4 aromatic rings. The zero-order chi connectivity index (χ0) is 23.8. The summed E-state index contributed by atoms with van der Waals surface area (Å²) in [6.45, 7) is 0. The van der Waals surface area contributed by atoms with E-state index in [1.165, 1.54) is 12.1 Å². The number of nitrogens with one attached hydrogen (secondary N) is 3. The van der Waals surface area contributed by atoms with E-state index < -0.39 is 40.6 Å². The van der Waals surface area contributed by atoms with Crippen molar-refractivity contribution in [2.75, 3.05) is 0 Å². The third-order valence-electron chi connectivity index (χ3n) is 4.55. The van der Waals surface area contributed by atoms with Gasteiger partial charge in [-0.1, -0.05) is 18.2 Å². The highest BCUT2D eigenvalue weighted by atomic mass is 19.4. The molecule has 9 nitrogen and oxygen atoms in total. The van der Waals surface area contributed by atoms with Crippen LogP contribution in [0.15, 0.2) is 59.5 Å². The SMILES string of the molecule is O=C(NNC(=O)c1n[nH]c(=O)c2ccccc12)c1cnn(-c2ccc(F)cc2)c1C(F)(F)F. The van der Waals surface area contributed by atoms with Gasteiger partial charge in [0, 0.05) is 5.39 Å². The molecule has 0 saturated heterocycles. The Kier molecular flexibility index (Phi) is 5.37. The average molecular weight is 460 g/mol. The van der Waals surface area contributed by atoms with Gasteiger partial charge < -0.3 is 0 Å². The molecule has 0 unspecified atom stereocenters. The van der Waals surface area contributed by atoms with Gasteiger partial charge in [0.25, 0.3) is 17.4 Å². The highest BCUT2D eigenvalue weighted by molar-refractivity contribution is 6.06. The second kappa shape index (κ2) is 8.18. The second-order valence-electron chi connectivity index (χ2n) is 6.65. The summed E-state index contributed by atoms with van der Waals surface area (Å²) in [6, 6.07) is 10.0. The summed E-state index contributed by atoms with van der Waals surface area (Å²) in [4.78, 5) is 36.7. The fraction of sp³-hybridized carbons (Fsp3) is 0.0500. The van der Waals surface area contributed by atoms with Gasteiger partial charge in [-0.25, -0.2) is 14.2 Å². The summed E-state index contributed by atoms with van der Waals surface area (Å²) in [5, 5.41) is 9.69. The Bertz CT molecular complexity index is 1430. The lowest BCUT2D eigenvalue weighted by Crippen LogP contribution is -2.42. The number of alkyl halides is 3. The lowest BCUT2D eigenvalue weighted by Gasteiger charge is -2.13. The first-order chi connectivity index (χ1) is 15.7. The largest absolute Gasteiger partial charge is 0.434 e. The molecule has 33 heavy (non-hydrogen) atoms. The van der Waals surface area contributed by atoms with Crippen LogP contribution in [0.1, 0.15) is 26.5 Å². The number of rotatable bonds is 3. The summed E-state index contributed by atoms with van der Waals surface area (Å²) >= 11 is 0. The highest BCUT2D eigenvalue weighted by Gasteiger charge is 2.40. The number of H-pyrrole nitrogens is 1. The normalized spacial score (nSPS) is 11.4. The molecule has 0 aliphatic heterocycles. The van der Waals surface area contributed by atoms with Crippen molar-refractivity contribution in [1.29, 1.82) is 0 Å². The molecule has 0 aliphatic rings. The van der Waals surface area contributed by atoms with E-state index in [0.717, 1.165) is 24.3 Å². The monoisotopic (exact) mass is 460 g/mol. The van der Waals surface area contributed by atoms with Crippen molar-refractivity contribution in [2.24, 2.45) is 0 Å². The van der Waals surface area contributed by atoms with E-state index in [4.69, 9.17) is 0 Å². The molecular weight excluding hydrogens is 448 g/mol. The van der Waals surface area contributed by atoms with Crippen LogP contribution in [0.2, 0.25) is 0 Å². The number of amides is 2. The quantitative estimate of drug-likeness (QED) is 0.320. The van der Waals surface area contributed by atoms with Crippen LogP contribution in [-0.4, -0.2) is 31.8 Å². The third-order valence-corrected chi connectivity index (χ3v) is 4.55. The van der Waals surface area contributed by atoms with Gasteiger partial charge in [-0.05, 0) is 30.3 Å². The summed E-state index contributed by atoms with van der Waals surface area (Å²) in [5.74, 6) is -2.95. The maximum atomic E-state index is 13.7. The minimum absolute atomic E-state index is 0.129. The number of carbonyl (C=O) groups excluding carboxylic acids is 2. The van der Waals surface area contributed by atoms with Gasteiger partial charge in [-0.15, -0.1) is 0 Å². The van der Waals surface area contributed by atoms with E-state index >= 15 is 0 Å². The van der Waals surface area contributed by atoms with Crippen LogP contribution in [0.4, 0.5) is 17.6 Å². The molecule has 2 heterocycles. The van der Waals surface area contributed by atoms with Crippen molar-refractivity contribution >= 4 is 22.6 Å². The zero-order valence-electron chi connectivity index (χ0n) is 16.3. The first-order valence-electron chi connectivity index (χ1n) is 9.16. The molecule has 2 aromatic carbocycles. The molecule has 0 aliphatic carbocycles. The number of nitrogens with zero attached hydrogens (tertiary/aromatic N) is 3. The van der Waals surface area contributed by atoms with E-state index in [-0.39, 0.29) is 22.2 Å². The lowest BCUT2D eigenvalue weighted by atomic mass is 10.1. The maximum absolute atomic E-state index is 13.7. The van der Waals surface area contributed by atoms with Gasteiger partial charge in [0.1, 0.15) is 5.82 Å². The van der Waals surface area contributed by atoms with Gasteiger partial charge >= 0.3 is 6.18 Å². The Morgan fingerprint density at radius 1 is 0.939 bits per heavy atom. The lowest BCUT2D eigenvalue weighted by molar-refractivity contribution is -0.143. The summed E-state index contributed by atoms with van der Waals surface area (Å²) in [6.07, 6.45) is -4.33. The fourth-order valence-corrected chi connectivity index (χ4v) is 3.09. The fourth-order valence-electron chi connectivity index (χ4n) is 3.09. The molecule has 13 heteroatoms. The molecule has 168 valence electrons. The van der Waals surface area contributed by atoms with Crippen LogP contribution in [-0.2, 0) is 6.18 Å². The Morgan fingerprint density at radius 3 is 2.24 bits per heavy atom. The standard InChI is InChI=1S/C20H12F4N6O3/c21-10-5-7-11(8-6-10)30-16(20(22,23)24)14(9-25-30)18(32)28-29-19(33)15-12-3-1-2-4-13(12)17(31)27-26-15/h1-9H,(H,27,31)(H,28,32)(H,29,33). The molecule has 2 amide bonds. The Balaban J connectivity index is 1.61. The van der Waals surface area contributed by atoms with Crippen molar-refractivity contribution in [3.8, 4) is 5.69 Å². The van der Waals surface area contributed by atoms with Gasteiger partial charge in [-0.2, -0.15) is 23.4 Å². The molecule has 3 N–H and O–H groups in total. The van der Waals surface area contributed by atoms with Crippen molar-refractivity contribution in [2.45, 2.75) is 6.18 Å². The predicted octanol–water partition coefficient (Wildman–Crippen LogP) is 2.34. The summed E-state index contributed by atoms with van der Waals surface area (Å²) < 4.78 is 54.7. The second-order valence-corrected chi connectivity index (χ2v) is 6.65. The minimum Gasteiger partial charge on any atom is -0.267 e. The van der Waals surface area contributed by atoms with E-state index in [1.54, 1.807) is 12.1 Å². The van der Waals surface area contributed by atoms with Crippen LogP contribution in [0.5, 0.6) is 0 Å². The average Bonchev–Trinajstić information content (AvgIpc) is 3.24. The molecule has 2 aromatic heterocycles. The number of aromatic amines is 1. The number of hydrazine groups is 1. The van der Waals surface area contributed by atoms with E-state index in [1.807, 2.05) is 10.9 Å². The van der Waals surface area contributed by atoms with Crippen LogP contribution in [0, 0.1) is 5.82 Å². The number of aromatic nitrogens is 4. The van der Waals surface area contributed by atoms with E-state index in [9.17, 15) is 31.9 Å². The third kappa shape index (κ3) is 4.15. The van der Waals surface area contributed by atoms with Gasteiger partial charge in [0.2, 0.25) is 0 Å². The van der Waals surface area contributed by atoms with E-state index in [2.05, 4.69) is 15.3 Å². The minimum atomic E-state index is -5.00. The predicted molar refractivity (Wildman–Crippen MR) is 106 cm³/mol.